The third-order valence-electron chi connectivity index (χ3n) is 4.33. The van der Waals surface area contributed by atoms with E-state index >= 15 is 0 Å². The number of halogens is 2. The molecule has 1 aromatic heterocycles. The Hall–Kier alpha value is -1.97. The second kappa shape index (κ2) is 9.45. The molecule has 0 aliphatic heterocycles. The monoisotopic (exact) mass is 484 g/mol. The van der Waals surface area contributed by atoms with Gasteiger partial charge in [-0.05, 0) is 53.6 Å². The van der Waals surface area contributed by atoms with Gasteiger partial charge in [0, 0.05) is 29.0 Å². The summed E-state index contributed by atoms with van der Waals surface area (Å²) in [6.07, 6.45) is 2.92. The number of hydrogen-bond donors (Lipinski definition) is 1. The van der Waals surface area contributed by atoms with Crippen LogP contribution < -0.4 is 4.72 Å². The first-order valence-corrected chi connectivity index (χ1v) is 12.7. The van der Waals surface area contributed by atoms with Gasteiger partial charge in [-0.25, -0.2) is 21.6 Å². The number of rotatable bonds is 8. The van der Waals surface area contributed by atoms with Crippen LogP contribution in [0.4, 0.5) is 0 Å². The molecule has 0 spiro atoms. The SMILES string of the molecule is O=S(=O)(Cc1ccc(Cl)cc1)NC[C@H](c1cccnc1)S(=O)(=O)c1ccc(Cl)cc1. The summed E-state index contributed by atoms with van der Waals surface area (Å²) in [7, 11) is -7.71. The molecule has 10 heteroatoms. The molecule has 1 heterocycles. The highest BCUT2D eigenvalue weighted by Gasteiger charge is 2.30. The van der Waals surface area contributed by atoms with E-state index in [1.54, 1.807) is 36.4 Å². The maximum absolute atomic E-state index is 13.2. The smallest absolute Gasteiger partial charge is 0.215 e. The van der Waals surface area contributed by atoms with E-state index < -0.39 is 25.1 Å². The minimum Gasteiger partial charge on any atom is -0.264 e. The van der Waals surface area contributed by atoms with Gasteiger partial charge in [0.25, 0.3) is 0 Å². The van der Waals surface area contributed by atoms with E-state index in [2.05, 4.69) is 9.71 Å². The van der Waals surface area contributed by atoms with Crippen LogP contribution in [-0.2, 0) is 25.6 Å². The molecule has 0 radical (unpaired) electrons. The quantitative estimate of drug-likeness (QED) is 0.520. The van der Waals surface area contributed by atoms with E-state index in [9.17, 15) is 16.8 Å². The zero-order valence-corrected chi connectivity index (χ0v) is 18.7. The molecular weight excluding hydrogens is 467 g/mol. The summed E-state index contributed by atoms with van der Waals surface area (Å²) in [5.41, 5.74) is 0.909. The molecule has 0 bridgehead atoms. The highest BCUT2D eigenvalue weighted by molar-refractivity contribution is 7.92. The van der Waals surface area contributed by atoms with Crippen molar-refractivity contribution in [3.8, 4) is 0 Å². The summed E-state index contributed by atoms with van der Waals surface area (Å²) < 4.78 is 54.0. The topological polar surface area (TPSA) is 93.2 Å². The largest absolute Gasteiger partial charge is 0.264 e. The first-order chi connectivity index (χ1) is 14.2. The fraction of sp³-hybridized carbons (Fsp3) is 0.150. The maximum atomic E-state index is 13.2. The van der Waals surface area contributed by atoms with Gasteiger partial charge in [-0.1, -0.05) is 41.4 Å². The van der Waals surface area contributed by atoms with Crippen LogP contribution in [0.25, 0.3) is 0 Å². The predicted octanol–water partition coefficient (Wildman–Crippen LogP) is 4.02. The average molecular weight is 485 g/mol. The van der Waals surface area contributed by atoms with Crippen molar-refractivity contribution in [2.45, 2.75) is 15.9 Å². The molecule has 1 N–H and O–H groups in total. The molecule has 6 nitrogen and oxygen atoms in total. The van der Waals surface area contributed by atoms with Gasteiger partial charge in [-0.2, -0.15) is 0 Å². The Morgan fingerprint density at radius 3 is 2.03 bits per heavy atom. The van der Waals surface area contributed by atoms with E-state index in [1.807, 2.05) is 0 Å². The molecule has 158 valence electrons. The van der Waals surface area contributed by atoms with Crippen LogP contribution in [0.2, 0.25) is 10.0 Å². The molecule has 0 saturated heterocycles. The van der Waals surface area contributed by atoms with Crippen LogP contribution in [0, 0.1) is 0 Å². The lowest BCUT2D eigenvalue weighted by atomic mass is 10.2. The maximum Gasteiger partial charge on any atom is 0.215 e. The molecule has 0 aliphatic carbocycles. The Balaban J connectivity index is 1.86. The van der Waals surface area contributed by atoms with Gasteiger partial charge in [0.15, 0.2) is 9.84 Å². The van der Waals surface area contributed by atoms with Gasteiger partial charge >= 0.3 is 0 Å². The summed E-state index contributed by atoms with van der Waals surface area (Å²) in [6, 6.07) is 15.3. The Kier molecular flexibility index (Phi) is 7.15. The van der Waals surface area contributed by atoms with Crippen molar-refractivity contribution >= 4 is 43.1 Å². The zero-order chi connectivity index (χ0) is 21.8. The fourth-order valence-electron chi connectivity index (χ4n) is 2.82. The normalized spacial score (nSPS) is 13.1. The number of nitrogens with one attached hydrogen (secondary N) is 1. The van der Waals surface area contributed by atoms with Gasteiger partial charge in [0.1, 0.15) is 5.25 Å². The van der Waals surface area contributed by atoms with Crippen molar-refractivity contribution in [2.24, 2.45) is 0 Å². The molecular formula is C20H18Cl2N2O4S2. The van der Waals surface area contributed by atoms with Crippen LogP contribution in [0.3, 0.4) is 0 Å². The molecule has 1 atom stereocenters. The van der Waals surface area contributed by atoms with Crippen molar-refractivity contribution in [3.63, 3.8) is 0 Å². The van der Waals surface area contributed by atoms with E-state index in [1.165, 1.54) is 36.7 Å². The van der Waals surface area contributed by atoms with Crippen molar-refractivity contribution < 1.29 is 16.8 Å². The summed E-state index contributed by atoms with van der Waals surface area (Å²) in [5, 5.41) is -0.266. The summed E-state index contributed by atoms with van der Waals surface area (Å²) in [5.74, 6) is -0.301. The van der Waals surface area contributed by atoms with E-state index in [0.29, 0.717) is 21.2 Å². The summed E-state index contributed by atoms with van der Waals surface area (Å²) >= 11 is 11.7. The van der Waals surface area contributed by atoms with Gasteiger partial charge in [-0.15, -0.1) is 0 Å². The predicted molar refractivity (Wildman–Crippen MR) is 118 cm³/mol. The average Bonchev–Trinajstić information content (AvgIpc) is 2.70. The van der Waals surface area contributed by atoms with E-state index in [-0.39, 0.29) is 17.2 Å². The molecule has 0 saturated carbocycles. The lowest BCUT2D eigenvalue weighted by Crippen LogP contribution is -2.32. The summed E-state index contributed by atoms with van der Waals surface area (Å²) in [4.78, 5) is 4.01. The lowest BCUT2D eigenvalue weighted by molar-refractivity contribution is 0.568. The first-order valence-electron chi connectivity index (χ1n) is 8.78. The van der Waals surface area contributed by atoms with E-state index in [0.717, 1.165) is 0 Å². The van der Waals surface area contributed by atoms with Crippen LogP contribution in [-0.4, -0.2) is 28.4 Å². The lowest BCUT2D eigenvalue weighted by Gasteiger charge is -2.19. The molecule has 3 rings (SSSR count). The van der Waals surface area contributed by atoms with Gasteiger partial charge < -0.3 is 0 Å². The standard InChI is InChI=1S/C20H18Cl2N2O4S2/c21-17-5-3-15(4-6-17)14-29(25,26)24-13-20(16-2-1-11-23-12-16)30(27,28)19-9-7-18(22)8-10-19/h1-12,20,24H,13-14H2/t20-/m1/s1. The van der Waals surface area contributed by atoms with Crippen molar-refractivity contribution in [3.05, 3.63) is 94.2 Å². The zero-order valence-electron chi connectivity index (χ0n) is 15.6. The molecule has 2 aromatic carbocycles. The molecule has 30 heavy (non-hydrogen) atoms. The van der Waals surface area contributed by atoms with Crippen molar-refractivity contribution in [1.82, 2.24) is 9.71 Å². The van der Waals surface area contributed by atoms with Crippen LogP contribution >= 0.6 is 23.2 Å². The Bertz CT molecular complexity index is 1200. The van der Waals surface area contributed by atoms with E-state index in [4.69, 9.17) is 23.2 Å². The first kappa shape index (κ1) is 22.7. The number of hydrogen-bond acceptors (Lipinski definition) is 5. The fourth-order valence-corrected chi connectivity index (χ4v) is 5.97. The second-order valence-electron chi connectivity index (χ2n) is 6.51. The van der Waals surface area contributed by atoms with Crippen LogP contribution in [0.1, 0.15) is 16.4 Å². The van der Waals surface area contributed by atoms with Gasteiger partial charge in [0.2, 0.25) is 10.0 Å². The van der Waals surface area contributed by atoms with Gasteiger partial charge in [0.05, 0.1) is 10.6 Å². The number of aromatic nitrogens is 1. The highest BCUT2D eigenvalue weighted by atomic mass is 35.5. The summed E-state index contributed by atoms with van der Waals surface area (Å²) in [6.45, 7) is -0.341. The second-order valence-corrected chi connectivity index (χ2v) is 11.3. The van der Waals surface area contributed by atoms with Crippen LogP contribution in [0.15, 0.2) is 78.0 Å². The van der Waals surface area contributed by atoms with Gasteiger partial charge in [-0.3, -0.25) is 4.98 Å². The number of benzene rings is 2. The third-order valence-corrected chi connectivity index (χ3v) is 8.27. The Labute approximate surface area is 185 Å². The Morgan fingerprint density at radius 2 is 1.47 bits per heavy atom. The minimum atomic E-state index is -3.91. The van der Waals surface area contributed by atoms with Crippen LogP contribution in [0.5, 0.6) is 0 Å². The number of sulfonamides is 1. The van der Waals surface area contributed by atoms with Crippen molar-refractivity contribution in [1.29, 1.82) is 0 Å². The molecule has 0 amide bonds. The number of nitrogens with zero attached hydrogens (tertiary/aromatic N) is 1. The third kappa shape index (κ3) is 5.80. The number of sulfone groups is 1. The molecule has 3 aromatic rings. The number of pyridine rings is 1. The molecule has 0 aliphatic rings. The van der Waals surface area contributed by atoms with Crippen molar-refractivity contribution in [2.75, 3.05) is 6.54 Å². The minimum absolute atomic E-state index is 0.0395. The molecule has 0 unspecified atom stereocenters. The molecule has 0 fully saturated rings. The highest BCUT2D eigenvalue weighted by Crippen LogP contribution is 2.29. The Morgan fingerprint density at radius 1 is 0.867 bits per heavy atom.